The molecule has 1 saturated heterocycles. The van der Waals surface area contributed by atoms with Gasteiger partial charge in [-0.05, 0) is 45.9 Å². The minimum atomic E-state index is -3.98. The van der Waals surface area contributed by atoms with Crippen molar-refractivity contribution in [3.63, 3.8) is 0 Å². The van der Waals surface area contributed by atoms with Crippen molar-refractivity contribution in [2.24, 2.45) is 0 Å². The number of aromatic nitrogens is 1. The summed E-state index contributed by atoms with van der Waals surface area (Å²) in [6.45, 7) is 8.84. The number of halogens is 1. The summed E-state index contributed by atoms with van der Waals surface area (Å²) in [6.07, 6.45) is 3.01. The van der Waals surface area contributed by atoms with Crippen molar-refractivity contribution in [2.45, 2.75) is 39.1 Å². The fraction of sp³-hybridized carbons (Fsp3) is 0.417. The highest BCUT2D eigenvalue weighted by molar-refractivity contribution is 7.89. The van der Waals surface area contributed by atoms with Crippen LogP contribution in [0.3, 0.4) is 0 Å². The van der Waals surface area contributed by atoms with Crippen LogP contribution >= 0.6 is 0 Å². The summed E-state index contributed by atoms with van der Waals surface area (Å²) >= 11 is 0. The Morgan fingerprint density at radius 3 is 2.29 bits per heavy atom. The smallest absolute Gasteiger partial charge is 0.340 e. The van der Waals surface area contributed by atoms with Crippen LogP contribution in [-0.4, -0.2) is 66.9 Å². The van der Waals surface area contributed by atoms with E-state index in [0.717, 1.165) is 17.5 Å². The summed E-state index contributed by atoms with van der Waals surface area (Å²) in [6, 6.07) is 5.25. The van der Waals surface area contributed by atoms with Crippen LogP contribution in [0.25, 0.3) is 6.08 Å². The molecule has 0 unspecified atom stereocenters. The Bertz CT molecular complexity index is 1210. The summed E-state index contributed by atoms with van der Waals surface area (Å²) in [5.41, 5.74) is 2.70. The second-order valence-electron chi connectivity index (χ2n) is 7.92. The summed E-state index contributed by atoms with van der Waals surface area (Å²) in [5, 5.41) is 0. The highest BCUT2D eigenvalue weighted by Crippen LogP contribution is 2.25. The lowest BCUT2D eigenvalue weighted by molar-refractivity contribution is -0.127. The predicted molar refractivity (Wildman–Crippen MR) is 126 cm³/mol. The molecule has 0 atom stereocenters. The maximum absolute atomic E-state index is 14.0. The Morgan fingerprint density at radius 2 is 1.71 bits per heavy atom. The fourth-order valence-corrected chi connectivity index (χ4v) is 5.74. The molecule has 1 aliphatic rings. The maximum atomic E-state index is 14.0. The molecule has 0 bridgehead atoms. The number of carbonyl (C=O) groups is 2. The summed E-state index contributed by atoms with van der Waals surface area (Å²) in [7, 11) is -3.98. The van der Waals surface area contributed by atoms with E-state index in [-0.39, 0.29) is 43.6 Å². The molecule has 0 aliphatic carbocycles. The Balaban J connectivity index is 1.74. The number of nitrogens with zero attached hydrogens (tertiary/aromatic N) is 3. The molecule has 0 N–H and O–H groups in total. The Morgan fingerprint density at radius 1 is 1.06 bits per heavy atom. The fourth-order valence-electron chi connectivity index (χ4n) is 4.25. The molecular weight excluding hydrogens is 461 g/mol. The number of hydrogen-bond acceptors (Lipinski definition) is 5. The van der Waals surface area contributed by atoms with Gasteiger partial charge in [-0.2, -0.15) is 4.31 Å². The van der Waals surface area contributed by atoms with Gasteiger partial charge in [0.15, 0.2) is 0 Å². The van der Waals surface area contributed by atoms with Crippen LogP contribution in [0, 0.1) is 19.7 Å². The quantitative estimate of drug-likeness (QED) is 0.439. The van der Waals surface area contributed by atoms with Crippen molar-refractivity contribution in [2.75, 3.05) is 32.8 Å². The molecule has 1 fully saturated rings. The molecule has 1 aliphatic heterocycles. The predicted octanol–water partition coefficient (Wildman–Crippen LogP) is 2.99. The molecule has 0 saturated carbocycles. The first kappa shape index (κ1) is 25.6. The molecule has 8 nitrogen and oxygen atoms in total. The monoisotopic (exact) mass is 491 g/mol. The van der Waals surface area contributed by atoms with Gasteiger partial charge in [-0.15, -0.1) is 0 Å². The van der Waals surface area contributed by atoms with Crippen LogP contribution in [0.5, 0.6) is 0 Å². The zero-order valence-electron chi connectivity index (χ0n) is 19.9. The SMILES string of the molecule is CCOC(=O)c1c(/C=C/C(=O)N2CCN(S(=O)(=O)c3ccccc3F)CC2)c(C)n(CC)c1C. The van der Waals surface area contributed by atoms with Gasteiger partial charge < -0.3 is 14.2 Å². The number of ether oxygens (including phenoxy) is 1. The molecule has 184 valence electrons. The first-order valence-corrected chi connectivity index (χ1v) is 12.7. The number of hydrogen-bond donors (Lipinski definition) is 0. The van der Waals surface area contributed by atoms with Crippen molar-refractivity contribution in [1.82, 2.24) is 13.8 Å². The number of sulfonamides is 1. The lowest BCUT2D eigenvalue weighted by Crippen LogP contribution is -2.50. The second-order valence-corrected chi connectivity index (χ2v) is 9.82. The minimum absolute atomic E-state index is 0.0642. The normalized spacial score (nSPS) is 15.1. The number of benzene rings is 1. The molecule has 3 rings (SSSR count). The first-order valence-electron chi connectivity index (χ1n) is 11.2. The summed E-state index contributed by atoms with van der Waals surface area (Å²) < 4.78 is 47.9. The van der Waals surface area contributed by atoms with Crippen molar-refractivity contribution < 1.29 is 27.1 Å². The van der Waals surface area contributed by atoms with E-state index in [1.54, 1.807) is 13.0 Å². The zero-order valence-corrected chi connectivity index (χ0v) is 20.7. The van der Waals surface area contributed by atoms with E-state index in [1.807, 2.05) is 25.3 Å². The van der Waals surface area contributed by atoms with E-state index in [1.165, 1.54) is 33.5 Å². The van der Waals surface area contributed by atoms with Gasteiger partial charge in [0.25, 0.3) is 0 Å². The number of esters is 1. The number of rotatable bonds is 7. The molecule has 10 heteroatoms. The molecular formula is C24H30FN3O5S. The van der Waals surface area contributed by atoms with Crippen molar-refractivity contribution in [3.05, 3.63) is 58.7 Å². The molecule has 1 amide bonds. The lowest BCUT2D eigenvalue weighted by Gasteiger charge is -2.33. The van der Waals surface area contributed by atoms with E-state index in [2.05, 4.69) is 0 Å². The second kappa shape index (κ2) is 10.5. The third-order valence-electron chi connectivity index (χ3n) is 6.02. The van der Waals surface area contributed by atoms with Gasteiger partial charge in [-0.1, -0.05) is 12.1 Å². The van der Waals surface area contributed by atoms with Crippen molar-refractivity contribution >= 4 is 28.0 Å². The number of amides is 1. The third-order valence-corrected chi connectivity index (χ3v) is 7.96. The summed E-state index contributed by atoms with van der Waals surface area (Å²) in [4.78, 5) is 26.5. The van der Waals surface area contributed by atoms with Gasteiger partial charge in [0.1, 0.15) is 10.7 Å². The van der Waals surface area contributed by atoms with Crippen molar-refractivity contribution in [1.29, 1.82) is 0 Å². The largest absolute Gasteiger partial charge is 0.462 e. The van der Waals surface area contributed by atoms with Crippen LogP contribution < -0.4 is 0 Å². The average molecular weight is 492 g/mol. The van der Waals surface area contributed by atoms with Gasteiger partial charge >= 0.3 is 5.97 Å². The topological polar surface area (TPSA) is 88.9 Å². The first-order chi connectivity index (χ1) is 16.1. The van der Waals surface area contributed by atoms with Crippen LogP contribution in [0.4, 0.5) is 4.39 Å². The zero-order chi connectivity index (χ0) is 25.0. The van der Waals surface area contributed by atoms with Crippen molar-refractivity contribution in [3.8, 4) is 0 Å². The Kier molecular flexibility index (Phi) is 7.93. The number of carbonyl (C=O) groups excluding carboxylic acids is 2. The molecule has 2 aromatic rings. The van der Waals surface area contributed by atoms with Gasteiger partial charge in [0.2, 0.25) is 15.9 Å². The van der Waals surface area contributed by atoms with E-state index >= 15 is 0 Å². The Hall–Kier alpha value is -2.98. The maximum Gasteiger partial charge on any atom is 0.340 e. The number of piperazine rings is 1. The standard InChI is InChI=1S/C24H30FN3O5S/c1-5-28-17(3)19(23(18(28)4)24(30)33-6-2)11-12-22(29)26-13-15-27(16-14-26)34(31,32)21-10-8-7-9-20(21)25/h7-12H,5-6,13-16H2,1-4H3/b12-11+. The van der Waals surface area contributed by atoms with Crippen LogP contribution in [0.1, 0.15) is 41.2 Å². The molecule has 0 radical (unpaired) electrons. The van der Waals surface area contributed by atoms with Crippen LogP contribution in [-0.2, 0) is 26.1 Å². The minimum Gasteiger partial charge on any atom is -0.462 e. The van der Waals surface area contributed by atoms with Gasteiger partial charge in [-0.25, -0.2) is 17.6 Å². The molecule has 2 heterocycles. The molecule has 34 heavy (non-hydrogen) atoms. The average Bonchev–Trinajstić information content (AvgIpc) is 3.06. The highest BCUT2D eigenvalue weighted by atomic mass is 32.2. The van der Waals surface area contributed by atoms with E-state index in [4.69, 9.17) is 4.74 Å². The summed E-state index contributed by atoms with van der Waals surface area (Å²) in [5.74, 6) is -1.53. The highest BCUT2D eigenvalue weighted by Gasteiger charge is 2.31. The van der Waals surface area contributed by atoms with Gasteiger partial charge in [0.05, 0.1) is 12.2 Å². The van der Waals surface area contributed by atoms with E-state index in [9.17, 15) is 22.4 Å². The molecule has 1 aromatic carbocycles. The van der Waals surface area contributed by atoms with E-state index in [0.29, 0.717) is 17.7 Å². The van der Waals surface area contributed by atoms with Crippen LogP contribution in [0.2, 0.25) is 0 Å². The molecule has 1 aromatic heterocycles. The van der Waals surface area contributed by atoms with Gasteiger partial charge in [0, 0.05) is 55.8 Å². The lowest BCUT2D eigenvalue weighted by atomic mass is 10.1. The molecule has 0 spiro atoms. The third kappa shape index (κ3) is 4.92. The van der Waals surface area contributed by atoms with E-state index < -0.39 is 21.8 Å². The Labute approximate surface area is 199 Å². The van der Waals surface area contributed by atoms with Crippen LogP contribution in [0.15, 0.2) is 35.2 Å². The van der Waals surface area contributed by atoms with Gasteiger partial charge in [-0.3, -0.25) is 4.79 Å².